The topological polar surface area (TPSA) is 55.3 Å². The fraction of sp³-hybridized carbons (Fsp3) is 0.720. The summed E-state index contributed by atoms with van der Waals surface area (Å²) in [4.78, 5) is 7.58. The van der Waals surface area contributed by atoms with Crippen molar-refractivity contribution in [2.75, 3.05) is 53.6 Å². The number of nitrogens with zero attached hydrogens (tertiary/aromatic N) is 2. The van der Waals surface area contributed by atoms with E-state index in [1.54, 1.807) is 14.2 Å². The lowest BCUT2D eigenvalue weighted by atomic mass is 9.78. The normalized spacial score (nSPS) is 19.6. The Balaban J connectivity index is 1.65. The molecule has 1 aromatic carbocycles. The van der Waals surface area contributed by atoms with Gasteiger partial charge in [-0.05, 0) is 45.1 Å². The van der Waals surface area contributed by atoms with Gasteiger partial charge in [-0.3, -0.25) is 4.99 Å². The van der Waals surface area contributed by atoms with Gasteiger partial charge in [0.2, 0.25) is 0 Å². The van der Waals surface area contributed by atoms with E-state index in [1.165, 1.54) is 31.2 Å². The molecule has 2 aliphatic rings. The SMILES string of the molecule is CCNC(=NCC1(c2ccccc2OC)CCCC1)N1CCC(OCCCOC)CC1. The average molecular weight is 432 g/mol. The number of nitrogens with one attached hydrogen (secondary N) is 1. The summed E-state index contributed by atoms with van der Waals surface area (Å²) in [6.45, 7) is 7.37. The largest absolute Gasteiger partial charge is 0.496 e. The Kier molecular flexibility index (Phi) is 9.47. The average Bonchev–Trinajstić information content (AvgIpc) is 3.30. The molecule has 6 heteroatoms. The highest BCUT2D eigenvalue weighted by molar-refractivity contribution is 5.80. The first kappa shape index (κ1) is 23.9. The highest BCUT2D eigenvalue weighted by atomic mass is 16.5. The van der Waals surface area contributed by atoms with Gasteiger partial charge in [-0.25, -0.2) is 0 Å². The van der Waals surface area contributed by atoms with Crippen molar-refractivity contribution in [3.63, 3.8) is 0 Å². The van der Waals surface area contributed by atoms with E-state index in [-0.39, 0.29) is 5.41 Å². The molecule has 1 aliphatic carbocycles. The Morgan fingerprint density at radius 1 is 1.13 bits per heavy atom. The van der Waals surface area contributed by atoms with Crippen molar-refractivity contribution in [1.82, 2.24) is 10.2 Å². The third-order valence-electron chi connectivity index (χ3n) is 6.69. The molecule has 0 radical (unpaired) electrons. The van der Waals surface area contributed by atoms with Crippen molar-refractivity contribution in [2.24, 2.45) is 4.99 Å². The minimum atomic E-state index is 0.0794. The number of benzene rings is 1. The molecule has 1 aliphatic heterocycles. The zero-order chi connectivity index (χ0) is 21.9. The van der Waals surface area contributed by atoms with Crippen molar-refractivity contribution in [3.05, 3.63) is 29.8 Å². The van der Waals surface area contributed by atoms with Gasteiger partial charge < -0.3 is 24.4 Å². The molecule has 1 N–H and O–H groups in total. The van der Waals surface area contributed by atoms with Crippen LogP contribution in [0.25, 0.3) is 0 Å². The van der Waals surface area contributed by atoms with E-state index in [0.29, 0.717) is 6.10 Å². The second-order valence-electron chi connectivity index (χ2n) is 8.76. The van der Waals surface area contributed by atoms with Crippen LogP contribution in [0.2, 0.25) is 0 Å². The number of likely N-dealkylation sites (tertiary alicyclic amines) is 1. The monoisotopic (exact) mass is 431 g/mol. The molecule has 6 nitrogen and oxygen atoms in total. The first-order valence-corrected chi connectivity index (χ1v) is 12.0. The van der Waals surface area contributed by atoms with Crippen molar-refractivity contribution in [3.8, 4) is 5.75 Å². The molecule has 174 valence electrons. The van der Waals surface area contributed by atoms with Gasteiger partial charge >= 0.3 is 0 Å². The maximum absolute atomic E-state index is 6.03. The molecule has 0 amide bonds. The van der Waals surface area contributed by atoms with Crippen LogP contribution < -0.4 is 10.1 Å². The second kappa shape index (κ2) is 12.3. The van der Waals surface area contributed by atoms with Gasteiger partial charge in [0.1, 0.15) is 5.75 Å². The standard InChI is InChI=1S/C25H41N3O3/c1-4-26-24(28-16-12-21(13-17-28)31-19-9-18-29-2)27-20-25(14-7-8-15-25)22-10-5-6-11-23(22)30-3/h5-6,10-11,21H,4,7-9,12-20H2,1-3H3,(H,26,27). The molecular weight excluding hydrogens is 390 g/mol. The van der Waals surface area contributed by atoms with Crippen molar-refractivity contribution < 1.29 is 14.2 Å². The molecule has 31 heavy (non-hydrogen) atoms. The van der Waals surface area contributed by atoms with Gasteiger partial charge in [0.15, 0.2) is 5.96 Å². The van der Waals surface area contributed by atoms with Gasteiger partial charge in [-0.2, -0.15) is 0 Å². The van der Waals surface area contributed by atoms with E-state index in [4.69, 9.17) is 19.2 Å². The van der Waals surface area contributed by atoms with Crippen LogP contribution in [0.15, 0.2) is 29.3 Å². The van der Waals surface area contributed by atoms with Crippen LogP contribution >= 0.6 is 0 Å². The molecule has 1 saturated heterocycles. The number of ether oxygens (including phenoxy) is 3. The van der Waals surface area contributed by atoms with Crippen molar-refractivity contribution >= 4 is 5.96 Å². The summed E-state index contributed by atoms with van der Waals surface area (Å²) in [6, 6.07) is 8.50. The molecule has 2 fully saturated rings. The van der Waals surface area contributed by atoms with E-state index < -0.39 is 0 Å². The molecule has 0 spiro atoms. The highest BCUT2D eigenvalue weighted by Gasteiger charge is 2.38. The van der Waals surface area contributed by atoms with Gasteiger partial charge in [0.05, 0.1) is 19.8 Å². The fourth-order valence-electron chi connectivity index (χ4n) is 4.99. The number of guanidine groups is 1. The summed E-state index contributed by atoms with van der Waals surface area (Å²) in [6.07, 6.45) is 8.29. The van der Waals surface area contributed by atoms with E-state index in [2.05, 4.69) is 41.4 Å². The number of hydrogen-bond acceptors (Lipinski definition) is 4. The maximum atomic E-state index is 6.03. The van der Waals surface area contributed by atoms with Crippen LogP contribution in [-0.2, 0) is 14.9 Å². The third kappa shape index (κ3) is 6.36. The molecule has 3 rings (SSSR count). The first-order valence-electron chi connectivity index (χ1n) is 12.0. The fourth-order valence-corrected chi connectivity index (χ4v) is 4.99. The number of aliphatic imine (C=N–C) groups is 1. The van der Waals surface area contributed by atoms with Crippen molar-refractivity contribution in [1.29, 1.82) is 0 Å². The predicted octanol–water partition coefficient (Wildman–Crippen LogP) is 3.99. The van der Waals surface area contributed by atoms with E-state index in [1.807, 2.05) is 0 Å². The summed E-state index contributed by atoms with van der Waals surface area (Å²) < 4.78 is 16.9. The van der Waals surface area contributed by atoms with Crippen LogP contribution in [-0.4, -0.2) is 70.6 Å². The van der Waals surface area contributed by atoms with Gasteiger partial charge in [0.25, 0.3) is 0 Å². The summed E-state index contributed by atoms with van der Waals surface area (Å²) in [5, 5.41) is 3.54. The lowest BCUT2D eigenvalue weighted by Crippen LogP contribution is -2.47. The second-order valence-corrected chi connectivity index (χ2v) is 8.76. The molecule has 0 atom stereocenters. The zero-order valence-corrected chi connectivity index (χ0v) is 19.7. The molecular formula is C25H41N3O3. The number of piperidine rings is 1. The quantitative estimate of drug-likeness (QED) is 0.345. The molecule has 1 aromatic rings. The first-order chi connectivity index (χ1) is 15.2. The van der Waals surface area contributed by atoms with E-state index in [9.17, 15) is 0 Å². The minimum absolute atomic E-state index is 0.0794. The lowest BCUT2D eigenvalue weighted by Gasteiger charge is -2.35. The molecule has 0 aromatic heterocycles. The number of rotatable bonds is 10. The number of methoxy groups -OCH3 is 2. The smallest absolute Gasteiger partial charge is 0.193 e. The summed E-state index contributed by atoms with van der Waals surface area (Å²) in [7, 11) is 3.51. The molecule has 1 heterocycles. The van der Waals surface area contributed by atoms with Crippen LogP contribution in [0.5, 0.6) is 5.75 Å². The highest BCUT2D eigenvalue weighted by Crippen LogP contribution is 2.45. The van der Waals surface area contributed by atoms with E-state index >= 15 is 0 Å². The van der Waals surface area contributed by atoms with Crippen LogP contribution in [0, 0.1) is 0 Å². The Morgan fingerprint density at radius 2 is 1.87 bits per heavy atom. The predicted molar refractivity (Wildman–Crippen MR) is 126 cm³/mol. The van der Waals surface area contributed by atoms with Crippen LogP contribution in [0.1, 0.15) is 57.4 Å². The number of para-hydroxylation sites is 1. The van der Waals surface area contributed by atoms with Crippen LogP contribution in [0.3, 0.4) is 0 Å². The Morgan fingerprint density at radius 3 is 2.55 bits per heavy atom. The lowest BCUT2D eigenvalue weighted by molar-refractivity contribution is 0.00989. The summed E-state index contributed by atoms with van der Waals surface area (Å²) >= 11 is 0. The van der Waals surface area contributed by atoms with Crippen LogP contribution in [0.4, 0.5) is 0 Å². The molecule has 1 saturated carbocycles. The Hall–Kier alpha value is -1.79. The molecule has 0 bridgehead atoms. The van der Waals surface area contributed by atoms with Crippen molar-refractivity contribution in [2.45, 2.75) is 63.4 Å². The summed E-state index contributed by atoms with van der Waals surface area (Å²) in [5.74, 6) is 2.04. The van der Waals surface area contributed by atoms with Gasteiger partial charge in [0, 0.05) is 50.9 Å². The minimum Gasteiger partial charge on any atom is -0.496 e. The van der Waals surface area contributed by atoms with E-state index in [0.717, 1.165) is 70.4 Å². The summed E-state index contributed by atoms with van der Waals surface area (Å²) in [5.41, 5.74) is 1.40. The Bertz CT molecular complexity index is 680. The zero-order valence-electron chi connectivity index (χ0n) is 19.7. The van der Waals surface area contributed by atoms with Gasteiger partial charge in [-0.1, -0.05) is 31.0 Å². The number of hydrogen-bond donors (Lipinski definition) is 1. The molecule has 0 unspecified atom stereocenters. The Labute approximate surface area is 188 Å². The van der Waals surface area contributed by atoms with Gasteiger partial charge in [-0.15, -0.1) is 0 Å². The third-order valence-corrected chi connectivity index (χ3v) is 6.69. The maximum Gasteiger partial charge on any atom is 0.193 e.